The standard InChI is InChI=1S/C21H27ClFNO/c1-2-3-4-5-6-12-24-15-17-8-7-9-20(13-17)25-16-18-10-11-19(23)14-21(18)22/h7-11,13-14,24H,2-6,12,15-16H2,1H3. The van der Waals surface area contributed by atoms with Crippen LogP contribution in [0.3, 0.4) is 0 Å². The normalized spacial score (nSPS) is 10.8. The molecule has 1 N–H and O–H groups in total. The summed E-state index contributed by atoms with van der Waals surface area (Å²) in [5, 5.41) is 3.87. The van der Waals surface area contributed by atoms with Crippen LogP contribution in [0, 0.1) is 5.82 Å². The van der Waals surface area contributed by atoms with E-state index in [1.165, 1.54) is 49.8 Å². The van der Waals surface area contributed by atoms with Crippen LogP contribution < -0.4 is 10.1 Å². The van der Waals surface area contributed by atoms with Gasteiger partial charge in [0.15, 0.2) is 0 Å². The average Bonchev–Trinajstić information content (AvgIpc) is 2.61. The zero-order chi connectivity index (χ0) is 17.9. The van der Waals surface area contributed by atoms with Gasteiger partial charge in [-0.15, -0.1) is 0 Å². The zero-order valence-electron chi connectivity index (χ0n) is 14.9. The first kappa shape index (κ1) is 19.7. The highest BCUT2D eigenvalue weighted by molar-refractivity contribution is 6.31. The van der Waals surface area contributed by atoms with E-state index in [9.17, 15) is 4.39 Å². The quantitative estimate of drug-likeness (QED) is 0.486. The van der Waals surface area contributed by atoms with Crippen molar-refractivity contribution in [3.05, 3.63) is 64.4 Å². The van der Waals surface area contributed by atoms with Gasteiger partial charge in [-0.1, -0.05) is 62.4 Å². The fraction of sp³-hybridized carbons (Fsp3) is 0.429. The molecule has 0 bridgehead atoms. The molecule has 0 aliphatic rings. The molecule has 0 aliphatic heterocycles. The number of hydrogen-bond donors (Lipinski definition) is 1. The number of benzene rings is 2. The highest BCUT2D eigenvalue weighted by Gasteiger charge is 2.04. The summed E-state index contributed by atoms with van der Waals surface area (Å²) < 4.78 is 18.9. The van der Waals surface area contributed by atoms with Crippen LogP contribution in [0.2, 0.25) is 5.02 Å². The fourth-order valence-electron chi connectivity index (χ4n) is 2.63. The molecule has 0 unspecified atom stereocenters. The third-order valence-corrected chi connectivity index (χ3v) is 4.45. The van der Waals surface area contributed by atoms with Crippen molar-refractivity contribution in [2.75, 3.05) is 6.54 Å². The maximum atomic E-state index is 13.1. The Hall–Kier alpha value is -1.58. The lowest BCUT2D eigenvalue weighted by molar-refractivity contribution is 0.306. The lowest BCUT2D eigenvalue weighted by atomic mass is 10.1. The number of nitrogens with one attached hydrogen (secondary N) is 1. The Morgan fingerprint density at radius 2 is 1.88 bits per heavy atom. The molecule has 2 nitrogen and oxygen atoms in total. The first-order chi connectivity index (χ1) is 12.2. The molecule has 2 rings (SSSR count). The highest BCUT2D eigenvalue weighted by Crippen LogP contribution is 2.20. The van der Waals surface area contributed by atoms with Gasteiger partial charge < -0.3 is 10.1 Å². The van der Waals surface area contributed by atoms with Crippen molar-refractivity contribution in [3.8, 4) is 5.75 Å². The molecule has 0 radical (unpaired) electrons. The van der Waals surface area contributed by atoms with Crippen LogP contribution in [-0.2, 0) is 13.2 Å². The fourth-order valence-corrected chi connectivity index (χ4v) is 2.85. The Morgan fingerprint density at radius 3 is 2.68 bits per heavy atom. The van der Waals surface area contributed by atoms with Crippen molar-refractivity contribution >= 4 is 11.6 Å². The first-order valence-electron chi connectivity index (χ1n) is 9.05. The lowest BCUT2D eigenvalue weighted by Gasteiger charge is -2.10. The summed E-state index contributed by atoms with van der Waals surface area (Å²) in [6.45, 7) is 4.44. The maximum absolute atomic E-state index is 13.1. The van der Waals surface area contributed by atoms with E-state index in [0.717, 1.165) is 24.4 Å². The number of halogens is 2. The van der Waals surface area contributed by atoms with E-state index in [2.05, 4.69) is 18.3 Å². The molecule has 0 heterocycles. The largest absolute Gasteiger partial charge is 0.489 e. The predicted octanol–water partition coefficient (Wildman–Crippen LogP) is 6.12. The predicted molar refractivity (Wildman–Crippen MR) is 103 cm³/mol. The minimum absolute atomic E-state index is 0.327. The highest BCUT2D eigenvalue weighted by atomic mass is 35.5. The van der Waals surface area contributed by atoms with Gasteiger partial charge in [-0.2, -0.15) is 0 Å². The second-order valence-corrected chi connectivity index (χ2v) is 6.67. The van der Waals surface area contributed by atoms with E-state index < -0.39 is 0 Å². The lowest BCUT2D eigenvalue weighted by Crippen LogP contribution is -2.14. The van der Waals surface area contributed by atoms with Crippen molar-refractivity contribution in [2.45, 2.75) is 52.2 Å². The number of rotatable bonds is 11. The second kappa shape index (κ2) is 11.1. The summed E-state index contributed by atoms with van der Waals surface area (Å²) in [4.78, 5) is 0. The summed E-state index contributed by atoms with van der Waals surface area (Å²) in [5.41, 5.74) is 1.97. The third kappa shape index (κ3) is 7.45. The molecule has 2 aromatic carbocycles. The van der Waals surface area contributed by atoms with Gasteiger partial charge in [0.2, 0.25) is 0 Å². The van der Waals surface area contributed by atoms with Crippen LogP contribution >= 0.6 is 11.6 Å². The molecule has 2 aromatic rings. The molecular formula is C21H27ClFNO. The van der Waals surface area contributed by atoms with Crippen LogP contribution in [0.5, 0.6) is 5.75 Å². The van der Waals surface area contributed by atoms with Crippen LogP contribution in [0.15, 0.2) is 42.5 Å². The molecule has 0 aromatic heterocycles. The Morgan fingerprint density at radius 1 is 1.04 bits per heavy atom. The van der Waals surface area contributed by atoms with Gasteiger partial charge in [0.05, 0.1) is 5.02 Å². The SMILES string of the molecule is CCCCCCCNCc1cccc(OCc2ccc(F)cc2Cl)c1. The van der Waals surface area contributed by atoms with E-state index in [1.54, 1.807) is 6.07 Å². The summed E-state index contributed by atoms with van der Waals surface area (Å²) in [6.07, 6.45) is 6.45. The van der Waals surface area contributed by atoms with Gasteiger partial charge >= 0.3 is 0 Å². The summed E-state index contributed by atoms with van der Waals surface area (Å²) in [6, 6.07) is 12.4. The number of hydrogen-bond acceptors (Lipinski definition) is 2. The van der Waals surface area contributed by atoms with Gasteiger partial charge in [-0.25, -0.2) is 4.39 Å². The third-order valence-electron chi connectivity index (χ3n) is 4.09. The van der Waals surface area contributed by atoms with E-state index in [0.29, 0.717) is 11.6 Å². The molecule has 25 heavy (non-hydrogen) atoms. The summed E-state index contributed by atoms with van der Waals surface area (Å²) >= 11 is 6.03. The molecule has 0 saturated heterocycles. The van der Waals surface area contributed by atoms with E-state index >= 15 is 0 Å². The van der Waals surface area contributed by atoms with Crippen molar-refractivity contribution in [1.82, 2.24) is 5.32 Å². The van der Waals surface area contributed by atoms with Gasteiger partial charge in [0, 0.05) is 12.1 Å². The summed E-state index contributed by atoms with van der Waals surface area (Å²) in [5.74, 6) is 0.458. The zero-order valence-corrected chi connectivity index (χ0v) is 15.6. The molecule has 0 spiro atoms. The molecule has 0 atom stereocenters. The molecule has 4 heteroatoms. The second-order valence-electron chi connectivity index (χ2n) is 6.26. The Labute approximate surface area is 155 Å². The Balaban J connectivity index is 1.75. The van der Waals surface area contributed by atoms with Crippen LogP contribution in [-0.4, -0.2) is 6.54 Å². The van der Waals surface area contributed by atoms with Gasteiger partial charge in [0.25, 0.3) is 0 Å². The van der Waals surface area contributed by atoms with E-state index in [1.807, 2.05) is 18.2 Å². The number of ether oxygens (including phenoxy) is 1. The van der Waals surface area contributed by atoms with Crippen molar-refractivity contribution in [2.24, 2.45) is 0 Å². The monoisotopic (exact) mass is 363 g/mol. The Kier molecular flexibility index (Phi) is 8.78. The smallest absolute Gasteiger partial charge is 0.124 e. The Bertz CT molecular complexity index is 648. The van der Waals surface area contributed by atoms with Crippen molar-refractivity contribution < 1.29 is 9.13 Å². The molecule has 0 fully saturated rings. The van der Waals surface area contributed by atoms with E-state index in [4.69, 9.17) is 16.3 Å². The van der Waals surface area contributed by atoms with Gasteiger partial charge in [0.1, 0.15) is 18.2 Å². The molecule has 0 saturated carbocycles. The average molecular weight is 364 g/mol. The molecular weight excluding hydrogens is 337 g/mol. The number of unbranched alkanes of at least 4 members (excludes halogenated alkanes) is 4. The molecule has 0 aliphatic carbocycles. The van der Waals surface area contributed by atoms with Crippen molar-refractivity contribution in [3.63, 3.8) is 0 Å². The molecule has 0 amide bonds. The minimum Gasteiger partial charge on any atom is -0.489 e. The first-order valence-corrected chi connectivity index (χ1v) is 9.43. The summed E-state index contributed by atoms with van der Waals surface area (Å²) in [7, 11) is 0. The van der Waals surface area contributed by atoms with Crippen LogP contribution in [0.25, 0.3) is 0 Å². The van der Waals surface area contributed by atoms with E-state index in [-0.39, 0.29) is 5.82 Å². The van der Waals surface area contributed by atoms with Gasteiger partial charge in [-0.3, -0.25) is 0 Å². The van der Waals surface area contributed by atoms with Crippen LogP contribution in [0.4, 0.5) is 4.39 Å². The van der Waals surface area contributed by atoms with Crippen LogP contribution in [0.1, 0.15) is 50.2 Å². The maximum Gasteiger partial charge on any atom is 0.124 e. The minimum atomic E-state index is -0.337. The van der Waals surface area contributed by atoms with Crippen molar-refractivity contribution in [1.29, 1.82) is 0 Å². The molecule has 136 valence electrons. The van der Waals surface area contributed by atoms with Gasteiger partial charge in [-0.05, 0) is 42.8 Å². The topological polar surface area (TPSA) is 21.3 Å².